The van der Waals surface area contributed by atoms with Crippen LogP contribution < -0.4 is 9.64 Å². The highest BCUT2D eigenvalue weighted by Crippen LogP contribution is 2.35. The van der Waals surface area contributed by atoms with Crippen LogP contribution in [0.15, 0.2) is 12.1 Å². The van der Waals surface area contributed by atoms with Crippen molar-refractivity contribution < 1.29 is 9.47 Å². The van der Waals surface area contributed by atoms with E-state index in [2.05, 4.69) is 44.7 Å². The number of rotatable bonds is 5. The highest BCUT2D eigenvalue weighted by atomic mass is 16.5. The Balaban J connectivity index is 1.82. The molecule has 0 amide bonds. The Morgan fingerprint density at radius 3 is 2.48 bits per heavy atom. The Kier molecular flexibility index (Phi) is 5.15. The van der Waals surface area contributed by atoms with Crippen LogP contribution in [-0.2, 0) is 4.74 Å². The predicted molar refractivity (Wildman–Crippen MR) is 95.6 cm³/mol. The van der Waals surface area contributed by atoms with Gasteiger partial charge in [0.05, 0.1) is 6.10 Å². The van der Waals surface area contributed by atoms with Crippen LogP contribution in [0.4, 0.5) is 5.69 Å². The zero-order chi connectivity index (χ0) is 16.4. The number of nitrogens with zero attached hydrogens (tertiary/aromatic N) is 1. The van der Waals surface area contributed by atoms with E-state index in [1.807, 2.05) is 0 Å². The van der Waals surface area contributed by atoms with Crippen LogP contribution in [-0.4, -0.2) is 31.9 Å². The van der Waals surface area contributed by atoms with Crippen molar-refractivity contribution in [3.63, 3.8) is 0 Å². The normalized spacial score (nSPS) is 25.0. The second-order valence-corrected chi connectivity index (χ2v) is 7.33. The Morgan fingerprint density at radius 1 is 1.17 bits per heavy atom. The second-order valence-electron chi connectivity index (χ2n) is 7.33. The summed E-state index contributed by atoms with van der Waals surface area (Å²) in [5, 5.41) is 0. The van der Waals surface area contributed by atoms with Gasteiger partial charge in [-0.1, -0.05) is 6.92 Å². The van der Waals surface area contributed by atoms with Crippen LogP contribution in [0.5, 0.6) is 5.75 Å². The van der Waals surface area contributed by atoms with Gasteiger partial charge in [-0.15, -0.1) is 0 Å². The molecule has 0 spiro atoms. The molecular formula is C20H31NO2. The summed E-state index contributed by atoms with van der Waals surface area (Å²) in [4.78, 5) is 2.56. The van der Waals surface area contributed by atoms with Gasteiger partial charge < -0.3 is 14.4 Å². The predicted octanol–water partition coefficient (Wildman–Crippen LogP) is 4.49. The summed E-state index contributed by atoms with van der Waals surface area (Å²) < 4.78 is 11.8. The number of anilines is 1. The number of hydrogen-bond acceptors (Lipinski definition) is 3. The summed E-state index contributed by atoms with van der Waals surface area (Å²) in [6.45, 7) is 11.8. The minimum Gasteiger partial charge on any atom is -0.490 e. The zero-order valence-corrected chi connectivity index (χ0v) is 15.1. The molecule has 2 fully saturated rings. The van der Waals surface area contributed by atoms with E-state index in [1.54, 1.807) is 0 Å². The standard InChI is InChI=1S/C20H31NO2/c1-5-21(17-6-8-22-9-7-17)20-13-19(12-15(3)16(20)4)23-18-10-14(2)11-18/h12-14,17-18H,5-11H2,1-4H3. The lowest BCUT2D eigenvalue weighted by atomic mass is 9.84. The third-order valence-corrected chi connectivity index (χ3v) is 5.53. The molecule has 1 aliphatic heterocycles. The van der Waals surface area contributed by atoms with Gasteiger partial charge in [0.15, 0.2) is 0 Å². The van der Waals surface area contributed by atoms with Gasteiger partial charge in [-0.3, -0.25) is 0 Å². The van der Waals surface area contributed by atoms with Crippen molar-refractivity contribution in [2.24, 2.45) is 5.92 Å². The van der Waals surface area contributed by atoms with Crippen LogP contribution in [0.3, 0.4) is 0 Å². The highest BCUT2D eigenvalue weighted by molar-refractivity contribution is 5.60. The summed E-state index contributed by atoms with van der Waals surface area (Å²) in [6.07, 6.45) is 5.05. The van der Waals surface area contributed by atoms with E-state index < -0.39 is 0 Å². The molecule has 1 aliphatic carbocycles. The largest absolute Gasteiger partial charge is 0.490 e. The number of hydrogen-bond donors (Lipinski definition) is 0. The highest BCUT2D eigenvalue weighted by Gasteiger charge is 2.28. The van der Waals surface area contributed by atoms with Gasteiger partial charge >= 0.3 is 0 Å². The van der Waals surface area contributed by atoms with Crippen molar-refractivity contribution in [3.05, 3.63) is 23.3 Å². The molecule has 1 saturated carbocycles. The van der Waals surface area contributed by atoms with E-state index in [-0.39, 0.29) is 0 Å². The van der Waals surface area contributed by atoms with Crippen molar-refractivity contribution in [2.75, 3.05) is 24.7 Å². The fourth-order valence-electron chi connectivity index (χ4n) is 3.91. The lowest BCUT2D eigenvalue weighted by molar-refractivity contribution is 0.0737. The fraction of sp³-hybridized carbons (Fsp3) is 0.700. The lowest BCUT2D eigenvalue weighted by Gasteiger charge is -2.37. The molecule has 128 valence electrons. The smallest absolute Gasteiger partial charge is 0.122 e. The quantitative estimate of drug-likeness (QED) is 0.799. The Labute approximate surface area is 141 Å². The molecule has 23 heavy (non-hydrogen) atoms. The number of aryl methyl sites for hydroxylation is 1. The van der Waals surface area contributed by atoms with Gasteiger partial charge in [-0.05, 0) is 69.6 Å². The molecule has 0 N–H and O–H groups in total. The molecule has 0 bridgehead atoms. The summed E-state index contributed by atoms with van der Waals surface area (Å²) in [5.74, 6) is 1.87. The molecule has 1 heterocycles. The van der Waals surface area contributed by atoms with Crippen LogP contribution in [0.2, 0.25) is 0 Å². The maximum absolute atomic E-state index is 6.23. The van der Waals surface area contributed by atoms with Crippen LogP contribution in [0.1, 0.15) is 50.7 Å². The minimum atomic E-state index is 0.415. The zero-order valence-electron chi connectivity index (χ0n) is 15.1. The van der Waals surface area contributed by atoms with E-state index in [4.69, 9.17) is 9.47 Å². The minimum absolute atomic E-state index is 0.415. The average Bonchev–Trinajstić information content (AvgIpc) is 2.52. The summed E-state index contributed by atoms with van der Waals surface area (Å²) >= 11 is 0. The van der Waals surface area contributed by atoms with Gasteiger partial charge in [0.25, 0.3) is 0 Å². The van der Waals surface area contributed by atoms with E-state index in [9.17, 15) is 0 Å². The van der Waals surface area contributed by atoms with Gasteiger partial charge in [-0.25, -0.2) is 0 Å². The van der Waals surface area contributed by atoms with Crippen molar-refractivity contribution in [2.45, 2.75) is 65.5 Å². The third-order valence-electron chi connectivity index (χ3n) is 5.53. The molecule has 0 unspecified atom stereocenters. The third kappa shape index (κ3) is 3.65. The monoisotopic (exact) mass is 317 g/mol. The molecule has 1 aromatic rings. The van der Waals surface area contributed by atoms with Crippen molar-refractivity contribution in [1.82, 2.24) is 0 Å². The first-order valence-electron chi connectivity index (χ1n) is 9.20. The average molecular weight is 317 g/mol. The molecule has 1 aromatic carbocycles. The first kappa shape index (κ1) is 16.6. The van der Waals surface area contributed by atoms with Gasteiger partial charge in [0.2, 0.25) is 0 Å². The lowest BCUT2D eigenvalue weighted by Crippen LogP contribution is -2.40. The maximum atomic E-state index is 6.23. The van der Waals surface area contributed by atoms with Crippen LogP contribution in [0, 0.1) is 19.8 Å². The van der Waals surface area contributed by atoms with Crippen molar-refractivity contribution >= 4 is 5.69 Å². The van der Waals surface area contributed by atoms with Crippen LogP contribution in [0.25, 0.3) is 0 Å². The van der Waals surface area contributed by atoms with Crippen LogP contribution >= 0.6 is 0 Å². The molecule has 0 aromatic heterocycles. The van der Waals surface area contributed by atoms with E-state index in [0.29, 0.717) is 12.1 Å². The van der Waals surface area contributed by atoms with E-state index in [0.717, 1.165) is 44.3 Å². The second kappa shape index (κ2) is 7.12. The van der Waals surface area contributed by atoms with Gasteiger partial charge in [0.1, 0.15) is 5.75 Å². The maximum Gasteiger partial charge on any atom is 0.122 e. The molecular weight excluding hydrogens is 286 g/mol. The first-order valence-corrected chi connectivity index (χ1v) is 9.20. The molecule has 3 nitrogen and oxygen atoms in total. The van der Waals surface area contributed by atoms with E-state index >= 15 is 0 Å². The summed E-state index contributed by atoms with van der Waals surface area (Å²) in [5.41, 5.74) is 4.06. The van der Waals surface area contributed by atoms with Crippen molar-refractivity contribution in [3.8, 4) is 5.75 Å². The SMILES string of the molecule is CCN(c1cc(OC2CC(C)C2)cc(C)c1C)C1CCOCC1. The summed E-state index contributed by atoms with van der Waals surface area (Å²) in [6, 6.07) is 5.06. The molecule has 2 aliphatic rings. The topological polar surface area (TPSA) is 21.7 Å². The summed E-state index contributed by atoms with van der Waals surface area (Å²) in [7, 11) is 0. The van der Waals surface area contributed by atoms with E-state index in [1.165, 1.54) is 29.7 Å². The molecule has 0 atom stereocenters. The fourth-order valence-corrected chi connectivity index (χ4v) is 3.91. The number of benzene rings is 1. The Hall–Kier alpha value is -1.22. The molecule has 3 rings (SSSR count). The molecule has 3 heteroatoms. The molecule has 0 radical (unpaired) electrons. The number of ether oxygens (including phenoxy) is 2. The Morgan fingerprint density at radius 2 is 1.87 bits per heavy atom. The van der Waals surface area contributed by atoms with Crippen molar-refractivity contribution in [1.29, 1.82) is 0 Å². The van der Waals surface area contributed by atoms with Gasteiger partial charge in [0, 0.05) is 37.6 Å². The Bertz CT molecular complexity index is 531. The first-order chi connectivity index (χ1) is 11.1. The molecule has 1 saturated heterocycles. The van der Waals surface area contributed by atoms with Gasteiger partial charge in [-0.2, -0.15) is 0 Å².